The van der Waals surface area contributed by atoms with Crippen LogP contribution < -0.4 is 9.47 Å². The van der Waals surface area contributed by atoms with Crippen LogP contribution in [0.1, 0.15) is 11.3 Å². The fourth-order valence-corrected chi connectivity index (χ4v) is 1.94. The number of nitrogens with zero attached hydrogens (tertiary/aromatic N) is 1. The van der Waals surface area contributed by atoms with Crippen LogP contribution in [-0.4, -0.2) is 19.2 Å². The number of methoxy groups -OCH3 is 2. The highest BCUT2D eigenvalue weighted by atomic mass is 16.5. The molecule has 1 heterocycles. The Bertz CT molecular complexity index is 564. The van der Waals surface area contributed by atoms with Crippen molar-refractivity contribution in [3.05, 3.63) is 41.7 Å². The maximum atomic E-state index is 5.42. The van der Waals surface area contributed by atoms with Crippen molar-refractivity contribution in [1.82, 2.24) is 4.98 Å². The molecule has 0 saturated heterocycles. The zero-order valence-electron chi connectivity index (χ0n) is 11.2. The lowest BCUT2D eigenvalue weighted by molar-refractivity contribution is 0.404. The van der Waals surface area contributed by atoms with Crippen LogP contribution in [0.3, 0.4) is 0 Å². The van der Waals surface area contributed by atoms with E-state index >= 15 is 0 Å². The smallest absolute Gasteiger partial charge is 0.126 e. The molecule has 3 nitrogen and oxygen atoms in total. The Morgan fingerprint density at radius 1 is 0.944 bits per heavy atom. The lowest BCUT2D eigenvalue weighted by Crippen LogP contribution is -1.93. The number of aromatic nitrogens is 1. The van der Waals surface area contributed by atoms with Gasteiger partial charge in [-0.1, -0.05) is 0 Å². The molecule has 0 aliphatic rings. The van der Waals surface area contributed by atoms with Gasteiger partial charge in [0, 0.05) is 17.5 Å². The Morgan fingerprint density at radius 2 is 1.72 bits per heavy atom. The zero-order valence-corrected chi connectivity index (χ0v) is 11.2. The number of hydrogen-bond donors (Lipinski definition) is 0. The third-order valence-electron chi connectivity index (χ3n) is 2.94. The molecule has 0 radical (unpaired) electrons. The van der Waals surface area contributed by atoms with E-state index in [0.717, 1.165) is 33.9 Å². The van der Waals surface area contributed by atoms with Crippen LogP contribution in [-0.2, 0) is 0 Å². The number of rotatable bonds is 3. The van der Waals surface area contributed by atoms with E-state index in [-0.39, 0.29) is 0 Å². The van der Waals surface area contributed by atoms with Gasteiger partial charge in [0.1, 0.15) is 11.5 Å². The Balaban J connectivity index is 2.64. The van der Waals surface area contributed by atoms with E-state index in [2.05, 4.69) is 11.1 Å². The molecule has 0 spiro atoms. The highest BCUT2D eigenvalue weighted by Gasteiger charge is 2.10. The van der Waals surface area contributed by atoms with Gasteiger partial charge in [0.15, 0.2) is 0 Å². The second kappa shape index (κ2) is 5.08. The summed E-state index contributed by atoms with van der Waals surface area (Å²) in [5, 5.41) is 0. The molecule has 2 aromatic rings. The summed E-state index contributed by atoms with van der Waals surface area (Å²) >= 11 is 0. The van der Waals surface area contributed by atoms with Crippen molar-refractivity contribution >= 4 is 0 Å². The first-order valence-electron chi connectivity index (χ1n) is 5.81. The van der Waals surface area contributed by atoms with Gasteiger partial charge in [-0.25, -0.2) is 0 Å². The molecule has 94 valence electrons. The summed E-state index contributed by atoms with van der Waals surface area (Å²) in [6.45, 7) is 4.02. The van der Waals surface area contributed by atoms with Crippen LogP contribution in [0.15, 0.2) is 30.5 Å². The van der Waals surface area contributed by atoms with E-state index in [0.29, 0.717) is 0 Å². The van der Waals surface area contributed by atoms with E-state index in [1.165, 1.54) is 0 Å². The van der Waals surface area contributed by atoms with E-state index in [1.807, 2.05) is 38.2 Å². The standard InChI is InChI=1S/C15H17NO2/c1-10-9-16-11(2)7-13(10)14-8-12(17-3)5-6-15(14)18-4/h5-9H,1-4H3. The SMILES string of the molecule is COc1ccc(OC)c(-c2cc(C)ncc2C)c1. The second-order valence-electron chi connectivity index (χ2n) is 4.21. The maximum absolute atomic E-state index is 5.42. The van der Waals surface area contributed by atoms with Crippen LogP contribution in [0.4, 0.5) is 0 Å². The average molecular weight is 243 g/mol. The molecule has 0 bridgehead atoms. The van der Waals surface area contributed by atoms with Gasteiger partial charge in [0.05, 0.1) is 14.2 Å². The van der Waals surface area contributed by atoms with Crippen molar-refractivity contribution in [2.24, 2.45) is 0 Å². The summed E-state index contributed by atoms with van der Waals surface area (Å²) in [4.78, 5) is 4.29. The van der Waals surface area contributed by atoms with Gasteiger partial charge < -0.3 is 9.47 Å². The predicted molar refractivity (Wildman–Crippen MR) is 72.3 cm³/mol. The number of pyridine rings is 1. The van der Waals surface area contributed by atoms with Crippen LogP contribution in [0.2, 0.25) is 0 Å². The van der Waals surface area contributed by atoms with E-state index in [9.17, 15) is 0 Å². The molecule has 0 aliphatic heterocycles. The molecule has 2 rings (SSSR count). The van der Waals surface area contributed by atoms with Crippen molar-refractivity contribution < 1.29 is 9.47 Å². The topological polar surface area (TPSA) is 31.4 Å². The lowest BCUT2D eigenvalue weighted by Gasteiger charge is -2.13. The molecule has 0 atom stereocenters. The van der Waals surface area contributed by atoms with E-state index in [1.54, 1.807) is 14.2 Å². The highest BCUT2D eigenvalue weighted by Crippen LogP contribution is 2.35. The molecule has 18 heavy (non-hydrogen) atoms. The third-order valence-corrected chi connectivity index (χ3v) is 2.94. The van der Waals surface area contributed by atoms with Crippen molar-refractivity contribution in [3.63, 3.8) is 0 Å². The minimum absolute atomic E-state index is 0.819. The number of aryl methyl sites for hydroxylation is 2. The zero-order chi connectivity index (χ0) is 13.1. The molecular weight excluding hydrogens is 226 g/mol. The monoisotopic (exact) mass is 243 g/mol. The minimum atomic E-state index is 0.819. The lowest BCUT2D eigenvalue weighted by atomic mass is 10.0. The van der Waals surface area contributed by atoms with Crippen molar-refractivity contribution in [2.75, 3.05) is 14.2 Å². The van der Waals surface area contributed by atoms with Gasteiger partial charge in [-0.3, -0.25) is 4.98 Å². The van der Waals surface area contributed by atoms with E-state index < -0.39 is 0 Å². The summed E-state index contributed by atoms with van der Waals surface area (Å²) in [5.41, 5.74) is 4.26. The minimum Gasteiger partial charge on any atom is -0.497 e. The molecule has 0 unspecified atom stereocenters. The van der Waals surface area contributed by atoms with Crippen molar-refractivity contribution in [2.45, 2.75) is 13.8 Å². The van der Waals surface area contributed by atoms with Crippen LogP contribution in [0.25, 0.3) is 11.1 Å². The molecule has 0 N–H and O–H groups in total. The first kappa shape index (κ1) is 12.4. The third kappa shape index (κ3) is 2.30. The largest absolute Gasteiger partial charge is 0.497 e. The number of ether oxygens (including phenoxy) is 2. The van der Waals surface area contributed by atoms with Gasteiger partial charge in [0.25, 0.3) is 0 Å². The van der Waals surface area contributed by atoms with Gasteiger partial charge in [-0.15, -0.1) is 0 Å². The predicted octanol–water partition coefficient (Wildman–Crippen LogP) is 3.38. The summed E-state index contributed by atoms with van der Waals surface area (Å²) < 4.78 is 10.7. The normalized spacial score (nSPS) is 10.2. The Morgan fingerprint density at radius 3 is 2.39 bits per heavy atom. The fourth-order valence-electron chi connectivity index (χ4n) is 1.94. The molecule has 0 saturated carbocycles. The first-order valence-corrected chi connectivity index (χ1v) is 5.81. The van der Waals surface area contributed by atoms with Crippen molar-refractivity contribution in [1.29, 1.82) is 0 Å². The molecule has 0 fully saturated rings. The Kier molecular flexibility index (Phi) is 3.51. The van der Waals surface area contributed by atoms with Crippen LogP contribution in [0, 0.1) is 13.8 Å². The van der Waals surface area contributed by atoms with Gasteiger partial charge in [0.2, 0.25) is 0 Å². The quantitative estimate of drug-likeness (QED) is 0.828. The second-order valence-corrected chi connectivity index (χ2v) is 4.21. The highest BCUT2D eigenvalue weighted by molar-refractivity contribution is 5.74. The van der Waals surface area contributed by atoms with Gasteiger partial charge in [-0.2, -0.15) is 0 Å². The number of benzene rings is 1. The first-order chi connectivity index (χ1) is 8.65. The summed E-state index contributed by atoms with van der Waals surface area (Å²) in [6.07, 6.45) is 1.88. The van der Waals surface area contributed by atoms with Crippen molar-refractivity contribution in [3.8, 4) is 22.6 Å². The van der Waals surface area contributed by atoms with Gasteiger partial charge >= 0.3 is 0 Å². The Hall–Kier alpha value is -2.03. The molecule has 1 aromatic heterocycles. The van der Waals surface area contributed by atoms with Crippen LogP contribution >= 0.6 is 0 Å². The van der Waals surface area contributed by atoms with E-state index in [4.69, 9.17) is 9.47 Å². The molecule has 0 aliphatic carbocycles. The Labute approximate surface area is 107 Å². The summed E-state index contributed by atoms with van der Waals surface area (Å²) in [6, 6.07) is 7.86. The summed E-state index contributed by atoms with van der Waals surface area (Å²) in [5.74, 6) is 1.66. The molecule has 3 heteroatoms. The maximum Gasteiger partial charge on any atom is 0.126 e. The molecule has 1 aromatic carbocycles. The average Bonchev–Trinajstić information content (AvgIpc) is 2.40. The van der Waals surface area contributed by atoms with Gasteiger partial charge in [-0.05, 0) is 49.2 Å². The summed E-state index contributed by atoms with van der Waals surface area (Å²) in [7, 11) is 3.34. The number of hydrogen-bond acceptors (Lipinski definition) is 3. The molecular formula is C15H17NO2. The molecule has 0 amide bonds. The fraction of sp³-hybridized carbons (Fsp3) is 0.267. The van der Waals surface area contributed by atoms with Crippen LogP contribution in [0.5, 0.6) is 11.5 Å².